The van der Waals surface area contributed by atoms with E-state index in [1.807, 2.05) is 44.2 Å². The zero-order chi connectivity index (χ0) is 24.1. The van der Waals surface area contributed by atoms with Gasteiger partial charge >= 0.3 is 0 Å². The summed E-state index contributed by atoms with van der Waals surface area (Å²) in [4.78, 5) is 27.9. The lowest BCUT2D eigenvalue weighted by Crippen LogP contribution is -2.29. The Balaban J connectivity index is 1.85. The fourth-order valence-electron chi connectivity index (χ4n) is 4.02. The Kier molecular flexibility index (Phi) is 6.97. The molecule has 1 amide bonds. The number of hydrogen-bond acceptors (Lipinski definition) is 5. The highest BCUT2D eigenvalue weighted by Gasteiger charge is 2.46. The molecule has 34 heavy (non-hydrogen) atoms. The fourth-order valence-corrected chi connectivity index (χ4v) is 4.02. The standard InChI is InChI=1S/C28H27NO5/c1-3-17-34-22-15-13-19(14-16-22)25-24(26(30)20-9-8-12-23(18-20)33-4-2)27(31)28(32)29(25)21-10-6-5-7-11-21/h5-16,18,25,30H,3-4,17H2,1-2H3/b26-24-. The molecular formula is C28H27NO5. The molecule has 0 aliphatic carbocycles. The zero-order valence-corrected chi connectivity index (χ0v) is 19.2. The number of rotatable bonds is 8. The van der Waals surface area contributed by atoms with Crippen LogP contribution in [0.2, 0.25) is 0 Å². The van der Waals surface area contributed by atoms with Crippen LogP contribution in [0.3, 0.4) is 0 Å². The van der Waals surface area contributed by atoms with Crippen molar-refractivity contribution in [2.75, 3.05) is 18.1 Å². The molecule has 3 aromatic carbocycles. The van der Waals surface area contributed by atoms with Crippen LogP contribution in [0, 0.1) is 0 Å². The minimum atomic E-state index is -0.793. The minimum absolute atomic E-state index is 0.0322. The van der Waals surface area contributed by atoms with Crippen LogP contribution in [0.15, 0.2) is 84.4 Å². The minimum Gasteiger partial charge on any atom is -0.507 e. The molecule has 174 valence electrons. The maximum Gasteiger partial charge on any atom is 0.300 e. The lowest BCUT2D eigenvalue weighted by atomic mass is 9.95. The van der Waals surface area contributed by atoms with Gasteiger partial charge in [-0.25, -0.2) is 0 Å². The van der Waals surface area contributed by atoms with Crippen LogP contribution in [-0.4, -0.2) is 30.0 Å². The number of ketones is 1. The van der Waals surface area contributed by atoms with Gasteiger partial charge in [0.15, 0.2) is 0 Å². The van der Waals surface area contributed by atoms with E-state index >= 15 is 0 Å². The molecule has 0 radical (unpaired) electrons. The molecule has 0 spiro atoms. The molecule has 3 aromatic rings. The first kappa shape index (κ1) is 23.1. The number of hydrogen-bond donors (Lipinski definition) is 1. The van der Waals surface area contributed by atoms with Gasteiger partial charge in [0.25, 0.3) is 11.7 Å². The van der Waals surface area contributed by atoms with Gasteiger partial charge in [0.2, 0.25) is 0 Å². The first-order valence-corrected chi connectivity index (χ1v) is 11.4. The molecule has 1 fully saturated rings. The monoisotopic (exact) mass is 457 g/mol. The molecule has 1 saturated heterocycles. The summed E-state index contributed by atoms with van der Waals surface area (Å²) in [6, 6.07) is 22.3. The van der Waals surface area contributed by atoms with Crippen LogP contribution in [0.1, 0.15) is 37.4 Å². The number of benzene rings is 3. The van der Waals surface area contributed by atoms with Gasteiger partial charge in [-0.2, -0.15) is 0 Å². The van der Waals surface area contributed by atoms with Crippen LogP contribution >= 0.6 is 0 Å². The van der Waals surface area contributed by atoms with Crippen molar-refractivity contribution in [2.45, 2.75) is 26.3 Å². The van der Waals surface area contributed by atoms with E-state index in [0.717, 1.165) is 6.42 Å². The Labute approximate surface area is 199 Å². The predicted octanol–water partition coefficient (Wildman–Crippen LogP) is 5.50. The SMILES string of the molecule is CCCOc1ccc(C2/C(=C(/O)c3cccc(OCC)c3)C(=O)C(=O)N2c2ccccc2)cc1. The van der Waals surface area contributed by atoms with Gasteiger partial charge in [0.05, 0.1) is 24.8 Å². The van der Waals surface area contributed by atoms with E-state index in [9.17, 15) is 14.7 Å². The van der Waals surface area contributed by atoms with Crippen molar-refractivity contribution >= 4 is 23.1 Å². The van der Waals surface area contributed by atoms with Crippen molar-refractivity contribution in [3.8, 4) is 11.5 Å². The molecule has 1 N–H and O–H groups in total. The van der Waals surface area contributed by atoms with E-state index in [1.165, 1.54) is 4.90 Å². The Morgan fingerprint density at radius 2 is 1.62 bits per heavy atom. The third-order valence-corrected chi connectivity index (χ3v) is 5.57. The summed E-state index contributed by atoms with van der Waals surface area (Å²) in [6.45, 7) is 4.96. The zero-order valence-electron chi connectivity index (χ0n) is 19.2. The van der Waals surface area contributed by atoms with Gasteiger partial charge in [-0.1, -0.05) is 49.4 Å². The number of para-hydroxylation sites is 1. The van der Waals surface area contributed by atoms with E-state index in [2.05, 4.69) is 0 Å². The van der Waals surface area contributed by atoms with Crippen LogP contribution in [-0.2, 0) is 9.59 Å². The summed E-state index contributed by atoms with van der Waals surface area (Å²) in [7, 11) is 0. The number of ether oxygens (including phenoxy) is 2. The third-order valence-electron chi connectivity index (χ3n) is 5.57. The van der Waals surface area contributed by atoms with Gasteiger partial charge in [-0.3, -0.25) is 14.5 Å². The van der Waals surface area contributed by atoms with Gasteiger partial charge in [-0.15, -0.1) is 0 Å². The van der Waals surface area contributed by atoms with Crippen molar-refractivity contribution < 1.29 is 24.2 Å². The number of carbonyl (C=O) groups is 2. The number of Topliss-reactive ketones (excluding diaryl/α,β-unsaturated/α-hetero) is 1. The van der Waals surface area contributed by atoms with E-state index < -0.39 is 17.7 Å². The smallest absolute Gasteiger partial charge is 0.300 e. The van der Waals surface area contributed by atoms with Gasteiger partial charge in [0.1, 0.15) is 17.3 Å². The van der Waals surface area contributed by atoms with Gasteiger partial charge < -0.3 is 14.6 Å². The van der Waals surface area contributed by atoms with Crippen LogP contribution in [0.5, 0.6) is 11.5 Å². The summed E-state index contributed by atoms with van der Waals surface area (Å²) in [6.07, 6.45) is 0.886. The maximum absolute atomic E-state index is 13.2. The second-order valence-corrected chi connectivity index (χ2v) is 7.88. The van der Waals surface area contributed by atoms with Crippen molar-refractivity contribution in [1.29, 1.82) is 0 Å². The highest BCUT2D eigenvalue weighted by Crippen LogP contribution is 2.42. The molecule has 6 heteroatoms. The second-order valence-electron chi connectivity index (χ2n) is 7.88. The van der Waals surface area contributed by atoms with Crippen LogP contribution in [0.4, 0.5) is 5.69 Å². The molecule has 6 nitrogen and oxygen atoms in total. The lowest BCUT2D eigenvalue weighted by Gasteiger charge is -2.25. The number of aliphatic hydroxyl groups is 1. The summed E-state index contributed by atoms with van der Waals surface area (Å²) >= 11 is 0. The molecule has 1 unspecified atom stereocenters. The molecule has 0 aromatic heterocycles. The van der Waals surface area contributed by atoms with Crippen LogP contribution in [0.25, 0.3) is 5.76 Å². The molecule has 1 heterocycles. The average molecular weight is 458 g/mol. The van der Waals surface area contributed by atoms with E-state index in [-0.39, 0.29) is 11.3 Å². The first-order chi connectivity index (χ1) is 16.5. The molecule has 1 aliphatic rings. The van der Waals surface area contributed by atoms with E-state index in [0.29, 0.717) is 41.5 Å². The molecular weight excluding hydrogens is 430 g/mol. The first-order valence-electron chi connectivity index (χ1n) is 11.4. The summed E-state index contributed by atoms with van der Waals surface area (Å²) in [5, 5.41) is 11.3. The summed E-state index contributed by atoms with van der Waals surface area (Å²) < 4.78 is 11.2. The largest absolute Gasteiger partial charge is 0.507 e. The van der Waals surface area contributed by atoms with Gasteiger partial charge in [-0.05, 0) is 55.3 Å². The summed E-state index contributed by atoms with van der Waals surface area (Å²) in [5.74, 6) is -0.399. The predicted molar refractivity (Wildman–Crippen MR) is 131 cm³/mol. The average Bonchev–Trinajstić information content (AvgIpc) is 3.14. The molecule has 4 rings (SSSR count). The van der Waals surface area contributed by atoms with E-state index in [4.69, 9.17) is 9.47 Å². The van der Waals surface area contributed by atoms with Crippen molar-refractivity contribution in [3.63, 3.8) is 0 Å². The molecule has 1 atom stereocenters. The number of amides is 1. The molecule has 0 saturated carbocycles. The number of nitrogens with zero attached hydrogens (tertiary/aromatic N) is 1. The Morgan fingerprint density at radius 1 is 0.882 bits per heavy atom. The van der Waals surface area contributed by atoms with Crippen LogP contribution < -0.4 is 14.4 Å². The number of aliphatic hydroxyl groups excluding tert-OH is 1. The molecule has 1 aliphatic heterocycles. The Hall–Kier alpha value is -4.06. The van der Waals surface area contributed by atoms with Crippen molar-refractivity contribution in [3.05, 3.63) is 95.6 Å². The van der Waals surface area contributed by atoms with Gasteiger partial charge in [0, 0.05) is 11.3 Å². The Bertz CT molecular complexity index is 1200. The van der Waals surface area contributed by atoms with Crippen molar-refractivity contribution in [2.24, 2.45) is 0 Å². The highest BCUT2D eigenvalue weighted by atomic mass is 16.5. The fraction of sp³-hybridized carbons (Fsp3) is 0.214. The Morgan fingerprint density at radius 3 is 2.29 bits per heavy atom. The van der Waals surface area contributed by atoms with Crippen molar-refractivity contribution in [1.82, 2.24) is 0 Å². The second kappa shape index (κ2) is 10.3. The quantitative estimate of drug-likeness (QED) is 0.275. The topological polar surface area (TPSA) is 76.1 Å². The maximum atomic E-state index is 13.2. The number of carbonyl (C=O) groups excluding carboxylic acids is 2. The lowest BCUT2D eigenvalue weighted by molar-refractivity contribution is -0.132. The highest BCUT2D eigenvalue weighted by molar-refractivity contribution is 6.51. The molecule has 0 bridgehead atoms. The third kappa shape index (κ3) is 4.53. The normalized spacial score (nSPS) is 17.1. The number of anilines is 1. The summed E-state index contributed by atoms with van der Waals surface area (Å²) in [5.41, 5.74) is 1.70. The van der Waals surface area contributed by atoms with E-state index in [1.54, 1.807) is 48.5 Å².